The molecule has 0 aliphatic carbocycles. The normalized spacial score (nSPS) is 13.9. The third-order valence-corrected chi connectivity index (χ3v) is 1.39. The van der Waals surface area contributed by atoms with Gasteiger partial charge in [-0.25, -0.2) is 4.79 Å². The lowest BCUT2D eigenvalue weighted by Gasteiger charge is -2.29. The summed E-state index contributed by atoms with van der Waals surface area (Å²) in [7, 11) is 0. The standard InChI is InChI=1S/C6H6F6O3/c1-2-15-3(13)4(14,5(7,8)9)6(10,11)12/h14H,2H2,1H3. The van der Waals surface area contributed by atoms with Crippen LogP contribution in [0.2, 0.25) is 0 Å². The SMILES string of the molecule is CCOC(=O)C(O)(C(F)(F)F)C(F)(F)F. The highest BCUT2D eigenvalue weighted by Gasteiger charge is 2.76. The minimum Gasteiger partial charge on any atom is -0.463 e. The van der Waals surface area contributed by atoms with E-state index in [1.165, 1.54) is 0 Å². The molecule has 0 spiro atoms. The lowest BCUT2D eigenvalue weighted by atomic mass is 10.0. The minimum absolute atomic E-state index is 0.715. The van der Waals surface area contributed by atoms with Crippen LogP contribution in [0.15, 0.2) is 0 Å². The van der Waals surface area contributed by atoms with Crippen molar-refractivity contribution in [1.82, 2.24) is 0 Å². The molecule has 0 radical (unpaired) electrons. The smallest absolute Gasteiger partial charge is 0.437 e. The molecule has 0 aliphatic heterocycles. The summed E-state index contributed by atoms with van der Waals surface area (Å²) in [5.41, 5.74) is -5.48. The summed E-state index contributed by atoms with van der Waals surface area (Å²) in [5, 5.41) is 8.36. The van der Waals surface area contributed by atoms with Gasteiger partial charge in [-0.05, 0) is 6.92 Å². The Morgan fingerprint density at radius 2 is 1.47 bits per heavy atom. The number of hydrogen-bond acceptors (Lipinski definition) is 3. The lowest BCUT2D eigenvalue weighted by molar-refractivity contribution is -0.356. The molecule has 0 saturated heterocycles. The van der Waals surface area contributed by atoms with Gasteiger partial charge in [0.15, 0.2) is 0 Å². The van der Waals surface area contributed by atoms with Crippen molar-refractivity contribution in [2.45, 2.75) is 24.9 Å². The zero-order valence-electron chi connectivity index (χ0n) is 7.24. The van der Waals surface area contributed by atoms with Gasteiger partial charge in [0.05, 0.1) is 6.61 Å². The maximum atomic E-state index is 11.9. The molecule has 15 heavy (non-hydrogen) atoms. The summed E-state index contributed by atoms with van der Waals surface area (Å²) in [5.74, 6) is -2.79. The van der Waals surface area contributed by atoms with Crippen LogP contribution in [-0.2, 0) is 9.53 Å². The van der Waals surface area contributed by atoms with Gasteiger partial charge in [-0.3, -0.25) is 0 Å². The second-order valence-electron chi connectivity index (χ2n) is 2.43. The van der Waals surface area contributed by atoms with Gasteiger partial charge in [0.25, 0.3) is 0 Å². The molecule has 0 aromatic rings. The number of rotatable bonds is 2. The number of halogens is 6. The Morgan fingerprint density at radius 1 is 1.13 bits per heavy atom. The Bertz CT molecular complexity index is 228. The highest BCUT2D eigenvalue weighted by molar-refractivity contribution is 5.81. The number of carbonyl (C=O) groups excluding carboxylic acids is 1. The van der Waals surface area contributed by atoms with Crippen LogP contribution >= 0.6 is 0 Å². The van der Waals surface area contributed by atoms with Crippen LogP contribution in [-0.4, -0.2) is 35.6 Å². The predicted molar refractivity (Wildman–Crippen MR) is 33.7 cm³/mol. The molecule has 0 aromatic carbocycles. The van der Waals surface area contributed by atoms with E-state index in [1.807, 2.05) is 0 Å². The van der Waals surface area contributed by atoms with Crippen molar-refractivity contribution in [3.8, 4) is 0 Å². The van der Waals surface area contributed by atoms with E-state index in [-0.39, 0.29) is 0 Å². The zero-order valence-corrected chi connectivity index (χ0v) is 7.24. The fraction of sp³-hybridized carbons (Fsp3) is 0.833. The van der Waals surface area contributed by atoms with Crippen molar-refractivity contribution >= 4 is 5.97 Å². The van der Waals surface area contributed by atoms with Gasteiger partial charge in [-0.2, -0.15) is 26.3 Å². The molecule has 0 heterocycles. The van der Waals surface area contributed by atoms with Crippen LogP contribution < -0.4 is 0 Å². The summed E-state index contributed by atoms with van der Waals surface area (Å²) in [6, 6.07) is 0. The predicted octanol–water partition coefficient (Wildman–Crippen LogP) is 1.41. The van der Waals surface area contributed by atoms with Gasteiger partial charge in [0.2, 0.25) is 0 Å². The molecule has 0 unspecified atom stereocenters. The number of ether oxygens (including phenoxy) is 1. The van der Waals surface area contributed by atoms with Crippen molar-refractivity contribution in [1.29, 1.82) is 0 Å². The average molecular weight is 240 g/mol. The summed E-state index contributed by atoms with van der Waals surface area (Å²) < 4.78 is 75.0. The number of hydrogen-bond donors (Lipinski definition) is 1. The van der Waals surface area contributed by atoms with Crippen LogP contribution in [0, 0.1) is 0 Å². The van der Waals surface area contributed by atoms with Gasteiger partial charge in [0, 0.05) is 0 Å². The molecule has 0 bridgehead atoms. The van der Waals surface area contributed by atoms with E-state index >= 15 is 0 Å². The zero-order chi connectivity index (χ0) is 12.5. The lowest BCUT2D eigenvalue weighted by Crippen LogP contribution is -2.62. The first-order valence-corrected chi connectivity index (χ1v) is 3.51. The molecule has 9 heteroatoms. The van der Waals surface area contributed by atoms with Crippen molar-refractivity contribution < 1.29 is 41.0 Å². The Hall–Kier alpha value is -0.990. The molecular formula is C6H6F6O3. The van der Waals surface area contributed by atoms with Crippen molar-refractivity contribution in [3.63, 3.8) is 0 Å². The topological polar surface area (TPSA) is 46.5 Å². The third kappa shape index (κ3) is 2.33. The van der Waals surface area contributed by atoms with Crippen LogP contribution in [0.5, 0.6) is 0 Å². The molecule has 0 amide bonds. The summed E-state index contributed by atoms with van der Waals surface area (Å²) in [4.78, 5) is 10.4. The first-order chi connectivity index (χ1) is 6.48. The number of aliphatic hydroxyl groups is 1. The Balaban J connectivity index is 5.33. The number of esters is 1. The van der Waals surface area contributed by atoms with Crippen molar-refractivity contribution in [3.05, 3.63) is 0 Å². The molecule has 0 aromatic heterocycles. The molecule has 0 saturated carbocycles. The third-order valence-electron chi connectivity index (χ3n) is 1.39. The first kappa shape index (κ1) is 14.0. The second-order valence-corrected chi connectivity index (χ2v) is 2.43. The van der Waals surface area contributed by atoms with Gasteiger partial charge in [-0.15, -0.1) is 0 Å². The molecular weight excluding hydrogens is 234 g/mol. The maximum absolute atomic E-state index is 11.9. The summed E-state index contributed by atoms with van der Waals surface area (Å²) >= 11 is 0. The highest BCUT2D eigenvalue weighted by Crippen LogP contribution is 2.43. The van der Waals surface area contributed by atoms with Crippen LogP contribution in [0.1, 0.15) is 6.92 Å². The van der Waals surface area contributed by atoms with E-state index in [4.69, 9.17) is 5.11 Å². The summed E-state index contributed by atoms with van der Waals surface area (Å²) in [6.07, 6.45) is -12.4. The van der Waals surface area contributed by atoms with Gasteiger partial charge in [0.1, 0.15) is 0 Å². The second kappa shape index (κ2) is 3.87. The van der Waals surface area contributed by atoms with E-state index in [0.29, 0.717) is 0 Å². The Morgan fingerprint density at radius 3 is 1.67 bits per heavy atom. The molecule has 0 atom stereocenters. The number of carbonyl (C=O) groups is 1. The van der Waals surface area contributed by atoms with E-state index in [2.05, 4.69) is 4.74 Å². The van der Waals surface area contributed by atoms with Gasteiger partial charge < -0.3 is 9.84 Å². The molecule has 1 N–H and O–H groups in total. The van der Waals surface area contributed by atoms with Crippen molar-refractivity contribution in [2.24, 2.45) is 0 Å². The van der Waals surface area contributed by atoms with Crippen molar-refractivity contribution in [2.75, 3.05) is 6.61 Å². The number of alkyl halides is 6. The van der Waals surface area contributed by atoms with Gasteiger partial charge >= 0.3 is 23.9 Å². The Labute approximate surface area is 79.6 Å². The fourth-order valence-corrected chi connectivity index (χ4v) is 0.628. The van der Waals surface area contributed by atoms with E-state index in [1.54, 1.807) is 0 Å². The largest absolute Gasteiger partial charge is 0.463 e. The van der Waals surface area contributed by atoms with Crippen LogP contribution in [0.4, 0.5) is 26.3 Å². The molecule has 0 fully saturated rings. The van der Waals surface area contributed by atoms with Gasteiger partial charge in [-0.1, -0.05) is 0 Å². The monoisotopic (exact) mass is 240 g/mol. The maximum Gasteiger partial charge on any atom is 0.437 e. The van der Waals surface area contributed by atoms with E-state index in [9.17, 15) is 31.1 Å². The molecule has 0 rings (SSSR count). The quantitative estimate of drug-likeness (QED) is 0.586. The molecule has 0 aliphatic rings. The van der Waals surface area contributed by atoms with E-state index < -0.39 is 30.5 Å². The minimum atomic E-state index is -6.18. The van der Waals surface area contributed by atoms with Crippen LogP contribution in [0.3, 0.4) is 0 Å². The van der Waals surface area contributed by atoms with E-state index in [0.717, 1.165) is 6.92 Å². The highest BCUT2D eigenvalue weighted by atomic mass is 19.4. The summed E-state index contributed by atoms with van der Waals surface area (Å²) in [6.45, 7) is 0.290. The Kier molecular flexibility index (Phi) is 3.62. The van der Waals surface area contributed by atoms with Crippen LogP contribution in [0.25, 0.3) is 0 Å². The fourth-order valence-electron chi connectivity index (χ4n) is 0.628. The first-order valence-electron chi connectivity index (χ1n) is 3.51. The molecule has 90 valence electrons. The molecule has 3 nitrogen and oxygen atoms in total. The average Bonchev–Trinajstić information content (AvgIpc) is 1.99.